The molecule has 0 aromatic heterocycles. The maximum atomic E-state index is 7.04. The van der Waals surface area contributed by atoms with Gasteiger partial charge in [-0.3, -0.25) is 0 Å². The average Bonchev–Trinajstić information content (AvgIpc) is 2.47. The van der Waals surface area contributed by atoms with Crippen LogP contribution in [0.4, 0.5) is 0 Å². The molecule has 0 spiro atoms. The van der Waals surface area contributed by atoms with Crippen LogP contribution in [0.2, 0.25) is 51.9 Å². The van der Waals surface area contributed by atoms with Gasteiger partial charge in [-0.15, -0.1) is 0 Å². The Morgan fingerprint density at radius 3 is 1.88 bits per heavy atom. The van der Waals surface area contributed by atoms with Crippen LogP contribution in [0.3, 0.4) is 0 Å². The summed E-state index contributed by atoms with van der Waals surface area (Å²) in [6, 6.07) is 1.32. The Hall–Kier alpha value is 0.531. The van der Waals surface area contributed by atoms with Gasteiger partial charge in [0.2, 0.25) is 8.32 Å². The van der Waals surface area contributed by atoms with Gasteiger partial charge in [0, 0.05) is 5.73 Å². The van der Waals surface area contributed by atoms with Crippen molar-refractivity contribution in [2.75, 3.05) is 13.1 Å². The first kappa shape index (κ1) is 26.5. The Labute approximate surface area is 168 Å². The molecule has 0 saturated heterocycles. The van der Waals surface area contributed by atoms with E-state index in [2.05, 4.69) is 85.8 Å². The fourth-order valence-electron chi connectivity index (χ4n) is 4.06. The molecule has 0 rings (SSSR count). The van der Waals surface area contributed by atoms with Gasteiger partial charge in [-0.1, -0.05) is 46.8 Å². The molecule has 0 aromatic rings. The highest BCUT2D eigenvalue weighted by atomic mass is 28.4. The predicted octanol–water partition coefficient (Wildman–Crippen LogP) is 6.04. The minimum atomic E-state index is -2.01. The smallest absolute Gasteiger partial charge is 0.216 e. The molecule has 0 aliphatic heterocycles. The molecule has 6 heteroatoms. The third kappa shape index (κ3) is 8.27. The van der Waals surface area contributed by atoms with E-state index in [0.717, 1.165) is 31.8 Å². The van der Waals surface area contributed by atoms with Crippen molar-refractivity contribution in [3.8, 4) is 0 Å². The molecule has 0 bridgehead atoms. The summed E-state index contributed by atoms with van der Waals surface area (Å²) in [6.45, 7) is 30.3. The van der Waals surface area contributed by atoms with Gasteiger partial charge in [-0.2, -0.15) is 0 Å². The summed E-state index contributed by atoms with van der Waals surface area (Å²) >= 11 is 0. The number of rotatable bonds is 13. The highest BCUT2D eigenvalue weighted by Crippen LogP contribution is 2.36. The van der Waals surface area contributed by atoms with E-state index >= 15 is 0 Å². The summed E-state index contributed by atoms with van der Waals surface area (Å²) in [7, 11) is -5.10. The third-order valence-corrected chi connectivity index (χ3v) is 15.2. The van der Waals surface area contributed by atoms with E-state index in [9.17, 15) is 0 Å². The van der Waals surface area contributed by atoms with Crippen LogP contribution in [0.5, 0.6) is 0 Å². The van der Waals surface area contributed by atoms with Gasteiger partial charge in [-0.05, 0) is 71.5 Å². The van der Waals surface area contributed by atoms with Crippen molar-refractivity contribution in [3.63, 3.8) is 0 Å². The maximum absolute atomic E-state index is 7.04. The standard InChI is InChI=1S/C20H49NO2Si3/c1-13-19(25(9,10)17-18(4)16-21-15-3)22-26(11,12)20(5,14-2)23-24(6,7)8/h18-19,21H,13-17H2,1-12H3. The quantitative estimate of drug-likeness (QED) is 0.369. The van der Waals surface area contributed by atoms with Crippen molar-refractivity contribution in [1.82, 2.24) is 5.32 Å². The first-order valence-corrected chi connectivity index (χ1v) is 20.3. The molecular formula is C20H49NO2Si3. The SMILES string of the molecule is CCNCC(C)C[Si](C)(C)C(CC)O[Si](C)(C)C(C)(CC)O[Si](C)(C)C. The van der Waals surface area contributed by atoms with Gasteiger partial charge in [0.05, 0.1) is 13.3 Å². The van der Waals surface area contributed by atoms with E-state index in [1.54, 1.807) is 0 Å². The van der Waals surface area contributed by atoms with Crippen LogP contribution in [-0.2, 0) is 8.85 Å². The number of hydrogen-bond donors (Lipinski definition) is 1. The molecule has 0 amide bonds. The summed E-state index contributed by atoms with van der Waals surface area (Å²) in [4.78, 5) is 0. The lowest BCUT2D eigenvalue weighted by Crippen LogP contribution is -2.63. The summed E-state index contributed by atoms with van der Waals surface area (Å²) in [5, 5.41) is 3.40. The van der Waals surface area contributed by atoms with Crippen LogP contribution in [0.25, 0.3) is 0 Å². The number of hydrogen-bond acceptors (Lipinski definition) is 3. The van der Waals surface area contributed by atoms with E-state index < -0.39 is 24.7 Å². The molecule has 0 fully saturated rings. The molecule has 3 unspecified atom stereocenters. The lowest BCUT2D eigenvalue weighted by atomic mass is 10.2. The van der Waals surface area contributed by atoms with Crippen molar-refractivity contribution in [2.45, 2.75) is 110 Å². The molecule has 0 aliphatic rings. The van der Waals surface area contributed by atoms with Crippen LogP contribution < -0.4 is 5.32 Å². The molecular weight excluding hydrogens is 370 g/mol. The molecule has 0 aromatic carbocycles. The molecule has 0 heterocycles. The largest absolute Gasteiger partial charge is 0.415 e. The summed E-state index contributed by atoms with van der Waals surface area (Å²) < 4.78 is 13.7. The molecule has 3 atom stereocenters. The van der Waals surface area contributed by atoms with Gasteiger partial charge < -0.3 is 14.2 Å². The van der Waals surface area contributed by atoms with Crippen molar-refractivity contribution < 1.29 is 8.85 Å². The van der Waals surface area contributed by atoms with Gasteiger partial charge in [-0.25, -0.2) is 0 Å². The zero-order valence-corrected chi connectivity index (χ0v) is 23.0. The van der Waals surface area contributed by atoms with E-state index in [1.165, 1.54) is 6.04 Å². The minimum absolute atomic E-state index is 0.106. The van der Waals surface area contributed by atoms with Gasteiger partial charge >= 0.3 is 0 Å². The van der Waals surface area contributed by atoms with E-state index in [1.807, 2.05) is 0 Å². The van der Waals surface area contributed by atoms with Crippen LogP contribution in [-0.4, -0.2) is 48.7 Å². The zero-order chi connectivity index (χ0) is 20.8. The summed E-state index contributed by atoms with van der Waals surface area (Å²) in [5.74, 6) is 0.717. The van der Waals surface area contributed by atoms with E-state index in [4.69, 9.17) is 8.85 Å². The second-order valence-corrected chi connectivity index (χ2v) is 24.2. The average molecular weight is 420 g/mol. The fourth-order valence-corrected chi connectivity index (χ4v) is 14.9. The summed E-state index contributed by atoms with van der Waals surface area (Å²) in [5.41, 5.74) is 0.421. The molecule has 1 N–H and O–H groups in total. The Kier molecular flexibility index (Phi) is 10.6. The van der Waals surface area contributed by atoms with E-state index in [0.29, 0.717) is 5.73 Å². The topological polar surface area (TPSA) is 30.5 Å². The monoisotopic (exact) mass is 419 g/mol. The second-order valence-electron chi connectivity index (χ2n) is 10.4. The molecule has 0 radical (unpaired) electrons. The summed E-state index contributed by atoms with van der Waals surface area (Å²) in [6.07, 6.45) is 2.15. The highest BCUT2D eigenvalue weighted by Gasteiger charge is 2.49. The van der Waals surface area contributed by atoms with Crippen molar-refractivity contribution >= 4 is 24.7 Å². The van der Waals surface area contributed by atoms with Crippen molar-refractivity contribution in [2.24, 2.45) is 5.92 Å². The first-order chi connectivity index (χ1) is 11.6. The van der Waals surface area contributed by atoms with Crippen molar-refractivity contribution in [3.05, 3.63) is 0 Å². The first-order valence-electron chi connectivity index (χ1n) is 10.7. The van der Waals surface area contributed by atoms with Gasteiger partial charge in [0.25, 0.3) is 0 Å². The molecule has 158 valence electrons. The lowest BCUT2D eigenvalue weighted by molar-refractivity contribution is 0.108. The van der Waals surface area contributed by atoms with Crippen LogP contribution in [0, 0.1) is 5.92 Å². The predicted molar refractivity (Wildman–Crippen MR) is 126 cm³/mol. The fraction of sp³-hybridized carbons (Fsp3) is 1.00. The molecule has 0 aliphatic carbocycles. The van der Waals surface area contributed by atoms with Crippen molar-refractivity contribution in [1.29, 1.82) is 0 Å². The zero-order valence-electron chi connectivity index (χ0n) is 20.0. The Morgan fingerprint density at radius 1 is 0.962 bits per heavy atom. The van der Waals surface area contributed by atoms with Crippen LogP contribution in [0.1, 0.15) is 47.5 Å². The van der Waals surface area contributed by atoms with Crippen LogP contribution in [0.15, 0.2) is 0 Å². The van der Waals surface area contributed by atoms with E-state index in [-0.39, 0.29) is 5.22 Å². The second kappa shape index (κ2) is 10.3. The number of nitrogens with one attached hydrogen (secondary N) is 1. The Balaban J connectivity index is 5.31. The molecule has 26 heavy (non-hydrogen) atoms. The normalized spacial score (nSPS) is 18.5. The Morgan fingerprint density at radius 2 is 1.50 bits per heavy atom. The molecule has 3 nitrogen and oxygen atoms in total. The Bertz CT molecular complexity index is 410. The third-order valence-electron chi connectivity index (χ3n) is 5.78. The van der Waals surface area contributed by atoms with Gasteiger partial charge in [0.1, 0.15) is 0 Å². The highest BCUT2D eigenvalue weighted by molar-refractivity contribution is 6.81. The van der Waals surface area contributed by atoms with Gasteiger partial charge in [0.15, 0.2) is 8.32 Å². The lowest BCUT2D eigenvalue weighted by Gasteiger charge is -2.49. The maximum Gasteiger partial charge on any atom is 0.216 e. The molecule has 0 saturated carbocycles. The van der Waals surface area contributed by atoms with Crippen LogP contribution >= 0.6 is 0 Å². The minimum Gasteiger partial charge on any atom is -0.415 e.